The molecule has 1 saturated heterocycles. The lowest BCUT2D eigenvalue weighted by Gasteiger charge is -2.34. The highest BCUT2D eigenvalue weighted by Crippen LogP contribution is 2.33. The monoisotopic (exact) mass is 546 g/mol. The molecule has 1 amide bonds. The van der Waals surface area contributed by atoms with Crippen LogP contribution in [0, 0.1) is 0 Å². The van der Waals surface area contributed by atoms with Gasteiger partial charge in [-0.2, -0.15) is 0 Å². The number of hydroxylamine groups is 1. The topological polar surface area (TPSA) is 102 Å². The Morgan fingerprint density at radius 1 is 1.00 bits per heavy atom. The maximum atomic E-state index is 14.1. The van der Waals surface area contributed by atoms with Crippen molar-refractivity contribution in [3.63, 3.8) is 0 Å². The lowest BCUT2D eigenvalue weighted by Crippen LogP contribution is -2.44. The summed E-state index contributed by atoms with van der Waals surface area (Å²) in [6.45, 7) is 6.40. The third kappa shape index (κ3) is 7.69. The molecule has 1 heterocycles. The summed E-state index contributed by atoms with van der Waals surface area (Å²) in [5.41, 5.74) is 2.90. The van der Waals surface area contributed by atoms with Gasteiger partial charge in [-0.1, -0.05) is 51.2 Å². The molecule has 0 atom stereocenters. The number of amides is 1. The normalized spacial score (nSPS) is 14.8. The second-order valence-corrected chi connectivity index (χ2v) is 11.7. The van der Waals surface area contributed by atoms with Crippen molar-refractivity contribution >= 4 is 21.6 Å². The summed E-state index contributed by atoms with van der Waals surface area (Å²) in [4.78, 5) is 17.4. The molecule has 210 valence electrons. The van der Waals surface area contributed by atoms with Crippen molar-refractivity contribution in [3.05, 3.63) is 53.6 Å². The molecular weight excluding hydrogens is 504 g/mol. The van der Waals surface area contributed by atoms with Crippen LogP contribution >= 0.6 is 0 Å². The lowest BCUT2D eigenvalue weighted by molar-refractivity contribution is 0.0707. The van der Waals surface area contributed by atoms with Gasteiger partial charge in [0.15, 0.2) is 0 Å². The van der Waals surface area contributed by atoms with Crippen LogP contribution in [0.4, 0.5) is 5.69 Å². The van der Waals surface area contributed by atoms with Crippen LogP contribution in [0.3, 0.4) is 0 Å². The smallest absolute Gasteiger partial charge is 0.276 e. The molecule has 0 spiro atoms. The molecule has 0 bridgehead atoms. The largest absolute Gasteiger partial charge is 0.497 e. The van der Waals surface area contributed by atoms with Gasteiger partial charge in [0.05, 0.1) is 23.3 Å². The predicted octanol–water partition coefficient (Wildman–Crippen LogP) is 4.12. The number of hydrogen-bond acceptors (Lipinski definition) is 7. The van der Waals surface area contributed by atoms with Crippen LogP contribution in [0.15, 0.2) is 47.4 Å². The summed E-state index contributed by atoms with van der Waals surface area (Å²) in [6.07, 6.45) is 5.97. The molecular formula is C28H42N4O5S. The number of carbonyl (C=O) groups is 1. The van der Waals surface area contributed by atoms with Gasteiger partial charge in [0, 0.05) is 39.3 Å². The number of hydrogen-bond donors (Lipinski definition) is 2. The van der Waals surface area contributed by atoms with Gasteiger partial charge in [-0.25, -0.2) is 13.9 Å². The van der Waals surface area contributed by atoms with Crippen LogP contribution in [0.25, 0.3) is 0 Å². The van der Waals surface area contributed by atoms with Gasteiger partial charge in [-0.15, -0.1) is 0 Å². The first-order valence-corrected chi connectivity index (χ1v) is 14.9. The molecule has 2 N–H and O–H groups in total. The van der Waals surface area contributed by atoms with E-state index in [4.69, 9.17) is 4.74 Å². The molecule has 9 nitrogen and oxygen atoms in total. The van der Waals surface area contributed by atoms with Gasteiger partial charge in [0.1, 0.15) is 5.75 Å². The maximum Gasteiger partial charge on any atom is 0.276 e. The average Bonchev–Trinajstić information content (AvgIpc) is 2.93. The van der Waals surface area contributed by atoms with Crippen LogP contribution in [0.1, 0.15) is 61.4 Å². The van der Waals surface area contributed by atoms with E-state index in [0.29, 0.717) is 24.4 Å². The summed E-state index contributed by atoms with van der Waals surface area (Å²) in [5, 5.41) is 9.51. The number of piperazine rings is 1. The summed E-state index contributed by atoms with van der Waals surface area (Å²) >= 11 is 0. The van der Waals surface area contributed by atoms with E-state index in [1.807, 2.05) is 6.07 Å². The van der Waals surface area contributed by atoms with E-state index in [0.717, 1.165) is 63.8 Å². The molecule has 2 aromatic carbocycles. The number of anilines is 1. The highest BCUT2D eigenvalue weighted by molar-refractivity contribution is 7.92. The van der Waals surface area contributed by atoms with Gasteiger partial charge in [-0.3, -0.25) is 19.2 Å². The van der Waals surface area contributed by atoms with E-state index in [-0.39, 0.29) is 17.0 Å². The first kappa shape index (κ1) is 29.9. The highest BCUT2D eigenvalue weighted by Gasteiger charge is 2.31. The minimum Gasteiger partial charge on any atom is -0.497 e. The van der Waals surface area contributed by atoms with Crippen LogP contribution in [0.2, 0.25) is 0 Å². The zero-order chi connectivity index (χ0) is 27.5. The Morgan fingerprint density at radius 3 is 2.29 bits per heavy atom. The molecule has 1 aliphatic rings. The average molecular weight is 547 g/mol. The number of unbranched alkanes of at least 4 members (excludes halogenated alkanes) is 5. The molecule has 3 rings (SSSR count). The van der Waals surface area contributed by atoms with Crippen molar-refractivity contribution < 1.29 is 23.2 Å². The van der Waals surface area contributed by atoms with Crippen LogP contribution in [-0.2, 0) is 16.6 Å². The van der Waals surface area contributed by atoms with E-state index in [9.17, 15) is 18.4 Å². The quantitative estimate of drug-likeness (QED) is 0.209. The van der Waals surface area contributed by atoms with Gasteiger partial charge in [0.2, 0.25) is 0 Å². The standard InChI is InChI=1S/C28H42N4O5S/c1-4-5-6-7-8-9-17-32(38(35,36)25-15-13-24(37-3)14-16-25)27-23(11-10-12-26(27)28(33)29-34)22-31-20-18-30(2)19-21-31/h10-16,34H,4-9,17-22H2,1-3H3,(H,29,33). The number of para-hydroxylation sites is 1. The molecule has 10 heteroatoms. The van der Waals surface area contributed by atoms with E-state index < -0.39 is 15.9 Å². The third-order valence-corrected chi connectivity index (χ3v) is 8.88. The predicted molar refractivity (Wildman–Crippen MR) is 149 cm³/mol. The molecule has 0 radical (unpaired) electrons. The third-order valence-electron chi connectivity index (χ3n) is 7.07. The number of methoxy groups -OCH3 is 1. The molecule has 0 aliphatic carbocycles. The van der Waals surface area contributed by atoms with E-state index in [1.54, 1.807) is 29.7 Å². The van der Waals surface area contributed by atoms with Crippen molar-refractivity contribution in [1.29, 1.82) is 0 Å². The molecule has 38 heavy (non-hydrogen) atoms. The fourth-order valence-corrected chi connectivity index (χ4v) is 6.33. The number of ether oxygens (including phenoxy) is 1. The molecule has 2 aromatic rings. The van der Waals surface area contributed by atoms with Gasteiger partial charge in [-0.05, 0) is 49.4 Å². The molecule has 1 aliphatic heterocycles. The zero-order valence-electron chi connectivity index (χ0n) is 22.9. The van der Waals surface area contributed by atoms with E-state index in [1.165, 1.54) is 23.5 Å². The van der Waals surface area contributed by atoms with Crippen molar-refractivity contribution in [1.82, 2.24) is 15.3 Å². The van der Waals surface area contributed by atoms with Gasteiger partial charge >= 0.3 is 0 Å². The fourth-order valence-electron chi connectivity index (χ4n) is 4.77. The molecule has 0 saturated carbocycles. The van der Waals surface area contributed by atoms with E-state index >= 15 is 0 Å². The van der Waals surface area contributed by atoms with Crippen molar-refractivity contribution in [2.75, 3.05) is 51.2 Å². The Morgan fingerprint density at radius 2 is 1.66 bits per heavy atom. The summed E-state index contributed by atoms with van der Waals surface area (Å²) in [5.74, 6) is -0.180. The molecule has 0 aromatic heterocycles. The van der Waals surface area contributed by atoms with Crippen molar-refractivity contribution in [2.24, 2.45) is 0 Å². The van der Waals surface area contributed by atoms with Crippen LogP contribution < -0.4 is 14.5 Å². The van der Waals surface area contributed by atoms with Crippen LogP contribution in [0.5, 0.6) is 5.75 Å². The van der Waals surface area contributed by atoms with Gasteiger partial charge < -0.3 is 9.64 Å². The zero-order valence-corrected chi connectivity index (χ0v) is 23.7. The summed E-state index contributed by atoms with van der Waals surface area (Å²) in [6, 6.07) is 11.5. The Hall–Kier alpha value is -2.66. The second kappa shape index (κ2) is 14.5. The Labute approximate surface area is 227 Å². The minimum absolute atomic E-state index is 0.119. The first-order chi connectivity index (χ1) is 18.3. The number of likely N-dealkylation sites (N-methyl/N-ethyl adjacent to an activating group) is 1. The lowest BCUT2D eigenvalue weighted by atomic mass is 10.0. The Balaban J connectivity index is 2.04. The number of benzene rings is 2. The number of carbonyl (C=O) groups excluding carboxylic acids is 1. The minimum atomic E-state index is -4.02. The van der Waals surface area contributed by atoms with E-state index in [2.05, 4.69) is 23.8 Å². The Bertz CT molecular complexity index is 1130. The number of rotatable bonds is 14. The molecule has 0 unspecified atom stereocenters. The Kier molecular flexibility index (Phi) is 11.4. The van der Waals surface area contributed by atoms with Crippen LogP contribution in [-0.4, -0.2) is 76.2 Å². The first-order valence-electron chi connectivity index (χ1n) is 13.5. The SMILES string of the molecule is CCCCCCCCN(c1c(CN2CCN(C)CC2)cccc1C(=O)NO)S(=O)(=O)c1ccc(OC)cc1. The highest BCUT2D eigenvalue weighted by atomic mass is 32.2. The fraction of sp³-hybridized carbons (Fsp3) is 0.536. The van der Waals surface area contributed by atoms with Gasteiger partial charge in [0.25, 0.3) is 15.9 Å². The summed E-state index contributed by atoms with van der Waals surface area (Å²) in [7, 11) is -0.411. The second-order valence-electron chi connectivity index (χ2n) is 9.85. The number of nitrogens with zero attached hydrogens (tertiary/aromatic N) is 3. The van der Waals surface area contributed by atoms with Crippen molar-refractivity contribution in [2.45, 2.75) is 56.9 Å². The summed E-state index contributed by atoms with van der Waals surface area (Å²) < 4.78 is 34.8. The number of nitrogens with one attached hydrogen (secondary N) is 1. The number of sulfonamides is 1. The van der Waals surface area contributed by atoms with Crippen molar-refractivity contribution in [3.8, 4) is 5.75 Å². The molecule has 1 fully saturated rings. The maximum absolute atomic E-state index is 14.1.